The second-order valence-electron chi connectivity index (χ2n) is 6.07. The normalized spacial score (nSPS) is 26.4. The molecule has 0 spiro atoms. The average molecular weight is 346 g/mol. The van der Waals surface area contributed by atoms with Crippen molar-refractivity contribution in [1.29, 1.82) is 0 Å². The molecule has 1 aliphatic rings. The molecule has 3 nitrogen and oxygen atoms in total. The molecule has 1 aliphatic carbocycles. The van der Waals surface area contributed by atoms with E-state index in [0.29, 0.717) is 11.3 Å². The van der Waals surface area contributed by atoms with Crippen LogP contribution in [0.5, 0.6) is 0 Å². The molecule has 0 aromatic carbocycles. The van der Waals surface area contributed by atoms with Crippen LogP contribution in [0.3, 0.4) is 0 Å². The predicted octanol–water partition coefficient (Wildman–Crippen LogP) is 4.55. The Morgan fingerprint density at radius 2 is 2.05 bits per heavy atom. The van der Waals surface area contributed by atoms with Gasteiger partial charge in [0.05, 0.1) is 0 Å². The molecule has 21 heavy (non-hydrogen) atoms. The molecule has 1 saturated carbocycles. The van der Waals surface area contributed by atoms with E-state index in [9.17, 15) is 0 Å². The van der Waals surface area contributed by atoms with Crippen LogP contribution >= 0.6 is 34.9 Å². The van der Waals surface area contributed by atoms with Crippen LogP contribution in [0.15, 0.2) is 8.68 Å². The van der Waals surface area contributed by atoms with Crippen LogP contribution in [0, 0.1) is 11.8 Å². The molecule has 0 amide bonds. The predicted molar refractivity (Wildman–Crippen MR) is 95.6 cm³/mol. The number of nitrogens with zero attached hydrogens (tertiary/aromatic N) is 2. The van der Waals surface area contributed by atoms with Gasteiger partial charge >= 0.3 is 0 Å². The van der Waals surface area contributed by atoms with Crippen molar-refractivity contribution >= 4 is 34.9 Å². The topological polar surface area (TPSA) is 37.8 Å². The van der Waals surface area contributed by atoms with Crippen molar-refractivity contribution in [1.82, 2.24) is 15.5 Å². The highest BCUT2D eigenvalue weighted by molar-refractivity contribution is 8.03. The Bertz CT molecular complexity index is 422. The first-order valence-electron chi connectivity index (χ1n) is 7.91. The summed E-state index contributed by atoms with van der Waals surface area (Å²) in [6, 6.07) is 0.631. The van der Waals surface area contributed by atoms with Crippen molar-refractivity contribution in [2.75, 3.05) is 12.8 Å². The molecule has 0 bridgehead atoms. The van der Waals surface area contributed by atoms with E-state index in [4.69, 9.17) is 0 Å². The van der Waals surface area contributed by atoms with Crippen molar-refractivity contribution < 1.29 is 0 Å². The smallest absolute Gasteiger partial charge is 0.175 e. The standard InChI is InChI=1S/C15H27N3S3/c1-5-8-16-12-7-6-11(10(2)3)9-13(12)20-15-18-17-14(19-4)21-15/h10-13,16H,5-9H2,1-4H3. The Morgan fingerprint density at radius 3 is 2.67 bits per heavy atom. The number of rotatable bonds is 7. The lowest BCUT2D eigenvalue weighted by Crippen LogP contribution is -2.43. The lowest BCUT2D eigenvalue weighted by atomic mass is 9.79. The van der Waals surface area contributed by atoms with Crippen molar-refractivity contribution in [2.24, 2.45) is 11.8 Å². The summed E-state index contributed by atoms with van der Waals surface area (Å²) in [6.45, 7) is 8.09. The van der Waals surface area contributed by atoms with Crippen molar-refractivity contribution in [2.45, 2.75) is 66.4 Å². The van der Waals surface area contributed by atoms with Crippen LogP contribution in [-0.4, -0.2) is 34.3 Å². The first kappa shape index (κ1) is 17.6. The van der Waals surface area contributed by atoms with Gasteiger partial charge < -0.3 is 5.32 Å². The molecule has 1 N–H and O–H groups in total. The third-order valence-electron chi connectivity index (χ3n) is 4.25. The molecule has 1 fully saturated rings. The highest BCUT2D eigenvalue weighted by Crippen LogP contribution is 2.40. The third kappa shape index (κ3) is 5.12. The van der Waals surface area contributed by atoms with Gasteiger partial charge in [0.2, 0.25) is 0 Å². The summed E-state index contributed by atoms with van der Waals surface area (Å²) in [4.78, 5) is 0. The van der Waals surface area contributed by atoms with Gasteiger partial charge in [-0.1, -0.05) is 55.6 Å². The molecule has 1 aromatic heterocycles. The third-order valence-corrected chi connectivity index (χ3v) is 7.59. The van der Waals surface area contributed by atoms with Crippen LogP contribution in [0.1, 0.15) is 46.5 Å². The van der Waals surface area contributed by atoms with Gasteiger partial charge in [-0.25, -0.2) is 0 Å². The van der Waals surface area contributed by atoms with Crippen molar-refractivity contribution in [3.8, 4) is 0 Å². The highest BCUT2D eigenvalue weighted by Gasteiger charge is 2.32. The van der Waals surface area contributed by atoms with Crippen molar-refractivity contribution in [3.63, 3.8) is 0 Å². The molecule has 0 saturated heterocycles. The second kappa shape index (κ2) is 8.75. The average Bonchev–Trinajstić information content (AvgIpc) is 2.93. The first-order chi connectivity index (χ1) is 10.1. The van der Waals surface area contributed by atoms with E-state index in [1.807, 2.05) is 11.8 Å². The van der Waals surface area contributed by atoms with E-state index in [-0.39, 0.29) is 0 Å². The lowest BCUT2D eigenvalue weighted by Gasteiger charge is -2.37. The summed E-state index contributed by atoms with van der Waals surface area (Å²) >= 11 is 5.38. The summed E-state index contributed by atoms with van der Waals surface area (Å²) in [7, 11) is 0. The van der Waals surface area contributed by atoms with E-state index < -0.39 is 0 Å². The van der Waals surface area contributed by atoms with E-state index in [1.54, 1.807) is 23.1 Å². The Morgan fingerprint density at radius 1 is 1.29 bits per heavy atom. The van der Waals surface area contributed by atoms with Crippen LogP contribution in [0.2, 0.25) is 0 Å². The highest BCUT2D eigenvalue weighted by atomic mass is 32.2. The monoisotopic (exact) mass is 345 g/mol. The fourth-order valence-corrected chi connectivity index (χ4v) is 5.97. The van der Waals surface area contributed by atoms with Crippen LogP contribution in [-0.2, 0) is 0 Å². The van der Waals surface area contributed by atoms with Gasteiger partial charge in [0.25, 0.3) is 0 Å². The van der Waals surface area contributed by atoms with Gasteiger partial charge in [0, 0.05) is 11.3 Å². The minimum atomic E-state index is 0.631. The molecule has 3 atom stereocenters. The lowest BCUT2D eigenvalue weighted by molar-refractivity contribution is 0.246. The van der Waals surface area contributed by atoms with Gasteiger partial charge in [-0.2, -0.15) is 0 Å². The molecule has 3 unspecified atom stereocenters. The van der Waals surface area contributed by atoms with Crippen LogP contribution in [0.25, 0.3) is 0 Å². The number of thioether (sulfide) groups is 2. The van der Waals surface area contributed by atoms with E-state index in [0.717, 1.165) is 27.1 Å². The maximum Gasteiger partial charge on any atom is 0.175 e. The van der Waals surface area contributed by atoms with Gasteiger partial charge in [0.1, 0.15) is 0 Å². The van der Waals surface area contributed by atoms with E-state index >= 15 is 0 Å². The first-order valence-corrected chi connectivity index (χ1v) is 10.8. The van der Waals surface area contributed by atoms with E-state index in [2.05, 4.69) is 42.5 Å². The summed E-state index contributed by atoms with van der Waals surface area (Å²) in [5.41, 5.74) is 0. The Hall–Kier alpha value is 0.220. The van der Waals surface area contributed by atoms with Crippen LogP contribution < -0.4 is 5.32 Å². The summed E-state index contributed by atoms with van der Waals surface area (Å²) in [5, 5.41) is 13.0. The molecule has 1 heterocycles. The SMILES string of the molecule is CCCNC1CCC(C(C)C)CC1Sc1nnc(SC)s1. The summed E-state index contributed by atoms with van der Waals surface area (Å²) < 4.78 is 2.21. The Kier molecular flexibility index (Phi) is 7.32. The molecule has 120 valence electrons. The molecular weight excluding hydrogens is 318 g/mol. The van der Waals surface area contributed by atoms with Crippen LogP contribution in [0.4, 0.5) is 0 Å². The zero-order valence-electron chi connectivity index (χ0n) is 13.5. The number of hydrogen-bond acceptors (Lipinski definition) is 6. The number of hydrogen-bond donors (Lipinski definition) is 1. The molecule has 0 radical (unpaired) electrons. The van der Waals surface area contributed by atoms with Crippen molar-refractivity contribution in [3.05, 3.63) is 0 Å². The zero-order chi connectivity index (χ0) is 15.2. The molecule has 2 rings (SSSR count). The van der Waals surface area contributed by atoms with Gasteiger partial charge in [-0.05, 0) is 50.3 Å². The maximum absolute atomic E-state index is 4.35. The fraction of sp³-hybridized carbons (Fsp3) is 0.867. The van der Waals surface area contributed by atoms with Gasteiger partial charge in [0.15, 0.2) is 8.68 Å². The number of nitrogens with one attached hydrogen (secondary N) is 1. The molecule has 0 aliphatic heterocycles. The summed E-state index contributed by atoms with van der Waals surface area (Å²) in [5.74, 6) is 1.64. The van der Waals surface area contributed by atoms with Gasteiger partial charge in [-0.3, -0.25) is 0 Å². The minimum absolute atomic E-state index is 0.631. The molecular formula is C15H27N3S3. The van der Waals surface area contributed by atoms with E-state index in [1.165, 1.54) is 25.7 Å². The molecule has 1 aromatic rings. The zero-order valence-corrected chi connectivity index (χ0v) is 15.9. The Balaban J connectivity index is 2.01. The number of aromatic nitrogens is 2. The second-order valence-corrected chi connectivity index (χ2v) is 9.59. The Labute approximate surface area is 141 Å². The fourth-order valence-electron chi connectivity index (χ4n) is 2.92. The minimum Gasteiger partial charge on any atom is -0.313 e. The largest absolute Gasteiger partial charge is 0.313 e. The maximum atomic E-state index is 4.35. The summed E-state index contributed by atoms with van der Waals surface area (Å²) in [6.07, 6.45) is 7.24. The molecule has 6 heteroatoms. The quantitative estimate of drug-likeness (QED) is 0.734. The van der Waals surface area contributed by atoms with Gasteiger partial charge in [-0.15, -0.1) is 10.2 Å².